The number of esters is 1. The third-order valence-electron chi connectivity index (χ3n) is 5.17. The minimum atomic E-state index is -0.905. The topological polar surface area (TPSA) is 115 Å². The van der Waals surface area contributed by atoms with E-state index in [1.807, 2.05) is 16.9 Å². The molecule has 9 heteroatoms. The maximum atomic E-state index is 13.6. The SMILES string of the molecule is Cc1c(-c2ccccc2)oc2c(C(=O)OCC(=O)NNC(=O)c3ccccc3F)cccc2c1=O. The van der Waals surface area contributed by atoms with Crippen LogP contribution in [0.4, 0.5) is 4.39 Å². The fourth-order valence-corrected chi connectivity index (χ4v) is 3.42. The molecule has 0 unspecified atom stereocenters. The highest BCUT2D eigenvalue weighted by Gasteiger charge is 2.20. The zero-order valence-corrected chi connectivity index (χ0v) is 18.5. The summed E-state index contributed by atoms with van der Waals surface area (Å²) < 4.78 is 24.7. The van der Waals surface area contributed by atoms with Crippen LogP contribution in [0.25, 0.3) is 22.3 Å². The second-order valence-electron chi connectivity index (χ2n) is 7.49. The van der Waals surface area contributed by atoms with E-state index in [1.54, 1.807) is 31.2 Å². The Morgan fingerprint density at radius 3 is 2.31 bits per heavy atom. The van der Waals surface area contributed by atoms with Crippen molar-refractivity contribution in [3.8, 4) is 11.3 Å². The number of fused-ring (bicyclic) bond motifs is 1. The minimum absolute atomic E-state index is 0.0280. The highest BCUT2D eigenvalue weighted by atomic mass is 19.1. The molecule has 4 rings (SSSR count). The first kappa shape index (κ1) is 23.4. The predicted molar refractivity (Wildman–Crippen MR) is 125 cm³/mol. The Hall–Kier alpha value is -4.79. The number of nitrogens with one attached hydrogen (secondary N) is 2. The van der Waals surface area contributed by atoms with Crippen LogP contribution in [0.3, 0.4) is 0 Å². The van der Waals surface area contributed by atoms with E-state index < -0.39 is 30.2 Å². The van der Waals surface area contributed by atoms with Crippen LogP contribution in [0.1, 0.15) is 26.3 Å². The second-order valence-corrected chi connectivity index (χ2v) is 7.49. The molecule has 0 atom stereocenters. The van der Waals surface area contributed by atoms with Crippen molar-refractivity contribution in [2.24, 2.45) is 0 Å². The maximum Gasteiger partial charge on any atom is 0.342 e. The van der Waals surface area contributed by atoms with Crippen LogP contribution in [-0.2, 0) is 9.53 Å². The third kappa shape index (κ3) is 4.93. The van der Waals surface area contributed by atoms with Crippen molar-refractivity contribution in [2.75, 3.05) is 6.61 Å². The van der Waals surface area contributed by atoms with Gasteiger partial charge in [-0.2, -0.15) is 0 Å². The molecule has 176 valence electrons. The van der Waals surface area contributed by atoms with Crippen molar-refractivity contribution < 1.29 is 27.9 Å². The number of carbonyl (C=O) groups is 3. The number of carbonyl (C=O) groups excluding carboxylic acids is 3. The fraction of sp³-hybridized carbons (Fsp3) is 0.0769. The van der Waals surface area contributed by atoms with Crippen LogP contribution in [0, 0.1) is 12.7 Å². The van der Waals surface area contributed by atoms with Crippen LogP contribution in [0.2, 0.25) is 0 Å². The van der Waals surface area contributed by atoms with Gasteiger partial charge >= 0.3 is 5.97 Å². The molecule has 0 bridgehead atoms. The molecule has 1 aromatic heterocycles. The van der Waals surface area contributed by atoms with Gasteiger partial charge in [-0.05, 0) is 31.2 Å². The number of benzene rings is 3. The van der Waals surface area contributed by atoms with E-state index >= 15 is 0 Å². The van der Waals surface area contributed by atoms with Crippen molar-refractivity contribution in [2.45, 2.75) is 6.92 Å². The molecular formula is C26H19FN2O6. The highest BCUT2D eigenvalue weighted by Crippen LogP contribution is 2.27. The molecule has 2 N–H and O–H groups in total. The van der Waals surface area contributed by atoms with Gasteiger partial charge in [-0.1, -0.05) is 48.5 Å². The van der Waals surface area contributed by atoms with E-state index in [9.17, 15) is 23.6 Å². The Bertz CT molecular complexity index is 1500. The average Bonchev–Trinajstić information content (AvgIpc) is 2.88. The van der Waals surface area contributed by atoms with E-state index in [-0.39, 0.29) is 27.5 Å². The minimum Gasteiger partial charge on any atom is -0.455 e. The number of para-hydroxylation sites is 1. The predicted octanol–water partition coefficient (Wildman–Crippen LogP) is 3.53. The molecule has 0 fully saturated rings. The van der Waals surface area contributed by atoms with Crippen molar-refractivity contribution in [1.29, 1.82) is 0 Å². The van der Waals surface area contributed by atoms with Crippen LogP contribution in [0.5, 0.6) is 0 Å². The van der Waals surface area contributed by atoms with Gasteiger partial charge in [0.15, 0.2) is 17.6 Å². The van der Waals surface area contributed by atoms with E-state index in [4.69, 9.17) is 9.15 Å². The van der Waals surface area contributed by atoms with Gasteiger partial charge in [0.25, 0.3) is 11.8 Å². The van der Waals surface area contributed by atoms with Crippen LogP contribution < -0.4 is 16.3 Å². The first-order valence-corrected chi connectivity index (χ1v) is 10.5. The number of hydrazine groups is 1. The summed E-state index contributed by atoms with van der Waals surface area (Å²) in [4.78, 5) is 49.6. The molecule has 0 radical (unpaired) electrons. The Morgan fingerprint density at radius 1 is 0.886 bits per heavy atom. The molecular weight excluding hydrogens is 455 g/mol. The molecule has 2 amide bonds. The summed E-state index contributed by atoms with van der Waals surface area (Å²) in [5.41, 5.74) is 4.56. The van der Waals surface area contributed by atoms with Gasteiger partial charge in [0, 0.05) is 11.1 Å². The molecule has 1 heterocycles. The lowest BCUT2D eigenvalue weighted by Gasteiger charge is -2.11. The highest BCUT2D eigenvalue weighted by molar-refractivity contribution is 6.03. The molecule has 8 nitrogen and oxygen atoms in total. The lowest BCUT2D eigenvalue weighted by Crippen LogP contribution is -2.43. The van der Waals surface area contributed by atoms with Crippen molar-refractivity contribution in [3.05, 3.63) is 106 Å². The quantitative estimate of drug-likeness (QED) is 0.338. The summed E-state index contributed by atoms with van der Waals surface area (Å²) in [6.07, 6.45) is 0. The molecule has 3 aromatic carbocycles. The lowest BCUT2D eigenvalue weighted by molar-refractivity contribution is -0.125. The van der Waals surface area contributed by atoms with Gasteiger partial charge in [-0.25, -0.2) is 9.18 Å². The van der Waals surface area contributed by atoms with Gasteiger partial charge < -0.3 is 9.15 Å². The number of amides is 2. The van der Waals surface area contributed by atoms with Crippen LogP contribution in [0.15, 0.2) is 82.0 Å². The monoisotopic (exact) mass is 474 g/mol. The largest absolute Gasteiger partial charge is 0.455 e. The second kappa shape index (κ2) is 10.0. The number of rotatable bonds is 5. The van der Waals surface area contributed by atoms with Crippen LogP contribution in [-0.4, -0.2) is 24.4 Å². The molecule has 0 aliphatic rings. The summed E-state index contributed by atoms with van der Waals surface area (Å²) in [5.74, 6) is -3.07. The van der Waals surface area contributed by atoms with Gasteiger partial charge in [0.2, 0.25) is 0 Å². The van der Waals surface area contributed by atoms with E-state index in [0.29, 0.717) is 16.9 Å². The smallest absolute Gasteiger partial charge is 0.342 e. The van der Waals surface area contributed by atoms with Crippen molar-refractivity contribution in [1.82, 2.24) is 10.9 Å². The van der Waals surface area contributed by atoms with Gasteiger partial charge in [-0.3, -0.25) is 25.2 Å². The Morgan fingerprint density at radius 2 is 1.57 bits per heavy atom. The fourth-order valence-electron chi connectivity index (χ4n) is 3.42. The average molecular weight is 474 g/mol. The Kier molecular flexibility index (Phi) is 6.68. The normalized spacial score (nSPS) is 10.6. The molecule has 0 aliphatic carbocycles. The lowest BCUT2D eigenvalue weighted by atomic mass is 10.0. The third-order valence-corrected chi connectivity index (χ3v) is 5.17. The summed E-state index contributed by atoms with van der Waals surface area (Å²) in [6.45, 7) is 0.896. The molecule has 0 saturated carbocycles. The standard InChI is InChI=1S/C26H19FN2O6/c1-15-22(31)18-11-7-12-19(24(18)35-23(15)16-8-3-2-4-9-16)26(33)34-14-21(30)28-29-25(32)17-10-5-6-13-20(17)27/h2-13H,14H2,1H3,(H,28,30)(H,29,32). The maximum absolute atomic E-state index is 13.6. The number of hydrogen-bond acceptors (Lipinski definition) is 6. The van der Waals surface area contributed by atoms with Crippen LogP contribution >= 0.6 is 0 Å². The van der Waals surface area contributed by atoms with Gasteiger partial charge in [-0.15, -0.1) is 0 Å². The number of hydrogen-bond donors (Lipinski definition) is 2. The Balaban J connectivity index is 1.49. The first-order valence-electron chi connectivity index (χ1n) is 10.5. The van der Waals surface area contributed by atoms with Gasteiger partial charge in [0.1, 0.15) is 17.1 Å². The summed E-state index contributed by atoms with van der Waals surface area (Å²) >= 11 is 0. The molecule has 35 heavy (non-hydrogen) atoms. The van der Waals surface area contributed by atoms with E-state index in [0.717, 1.165) is 6.07 Å². The summed E-state index contributed by atoms with van der Waals surface area (Å²) in [5, 5.41) is 0.193. The molecule has 0 saturated heterocycles. The molecule has 0 spiro atoms. The zero-order valence-electron chi connectivity index (χ0n) is 18.5. The van der Waals surface area contributed by atoms with Gasteiger partial charge in [0.05, 0.1) is 10.9 Å². The molecule has 4 aromatic rings. The molecule has 0 aliphatic heterocycles. The number of ether oxygens (including phenoxy) is 1. The van der Waals surface area contributed by atoms with E-state index in [2.05, 4.69) is 0 Å². The Labute approximate surface area is 198 Å². The zero-order chi connectivity index (χ0) is 24.9. The number of halogens is 1. The first-order chi connectivity index (χ1) is 16.9. The van der Waals surface area contributed by atoms with Crippen molar-refractivity contribution in [3.63, 3.8) is 0 Å². The van der Waals surface area contributed by atoms with E-state index in [1.165, 1.54) is 36.4 Å². The van der Waals surface area contributed by atoms with Crippen molar-refractivity contribution >= 4 is 28.8 Å². The summed E-state index contributed by atoms with van der Waals surface area (Å²) in [6, 6.07) is 18.7. The summed E-state index contributed by atoms with van der Waals surface area (Å²) in [7, 11) is 0.